The first kappa shape index (κ1) is 16.5. The summed E-state index contributed by atoms with van der Waals surface area (Å²) >= 11 is 0. The highest BCUT2D eigenvalue weighted by Crippen LogP contribution is 2.42. The topological polar surface area (TPSA) is 64.3 Å². The first-order chi connectivity index (χ1) is 10.3. The number of nitrogen functional groups attached to an aromatic ring is 1. The lowest BCUT2D eigenvalue weighted by Crippen LogP contribution is -2.44. The number of carbonyl (C=O) groups is 1. The highest BCUT2D eigenvalue weighted by molar-refractivity contribution is 5.81. The Balaban J connectivity index is 2.22. The molecular formula is C15H19F3N2O2. The van der Waals surface area contributed by atoms with Gasteiger partial charge in [0.1, 0.15) is 5.75 Å². The van der Waals surface area contributed by atoms with Crippen LogP contribution in [0.25, 0.3) is 0 Å². The lowest BCUT2D eigenvalue weighted by atomic mass is 9.78. The van der Waals surface area contributed by atoms with Crippen molar-refractivity contribution in [3.8, 4) is 5.75 Å². The molecule has 1 aliphatic carbocycles. The highest BCUT2D eigenvalue weighted by atomic mass is 19.4. The predicted octanol–water partition coefficient (Wildman–Crippen LogP) is 2.77. The Labute approximate surface area is 126 Å². The van der Waals surface area contributed by atoms with Gasteiger partial charge in [0.05, 0.1) is 12.8 Å². The molecule has 0 aromatic heterocycles. The van der Waals surface area contributed by atoms with Gasteiger partial charge in [-0.25, -0.2) is 0 Å². The van der Waals surface area contributed by atoms with Crippen molar-refractivity contribution in [2.75, 3.05) is 19.4 Å². The lowest BCUT2D eigenvalue weighted by molar-refractivity contribution is -0.173. The molecule has 2 rings (SSSR count). The van der Waals surface area contributed by atoms with Crippen LogP contribution in [0, 0.1) is 0 Å². The third-order valence-corrected chi connectivity index (χ3v) is 4.25. The van der Waals surface area contributed by atoms with E-state index in [9.17, 15) is 18.0 Å². The number of rotatable bonds is 4. The van der Waals surface area contributed by atoms with E-state index in [1.807, 2.05) is 5.32 Å². The summed E-state index contributed by atoms with van der Waals surface area (Å²) in [6, 6.07) is 5.24. The molecular weight excluding hydrogens is 297 g/mol. The number of carbonyl (C=O) groups excluding carboxylic acids is 1. The molecule has 1 aliphatic rings. The number of benzene rings is 1. The minimum atomic E-state index is -4.86. The minimum Gasteiger partial charge on any atom is -0.495 e. The van der Waals surface area contributed by atoms with Gasteiger partial charge >= 0.3 is 12.1 Å². The third-order valence-electron chi connectivity index (χ3n) is 4.25. The number of nitrogens with two attached hydrogens (primary N) is 1. The zero-order valence-corrected chi connectivity index (χ0v) is 12.3. The minimum absolute atomic E-state index is 0.0445. The van der Waals surface area contributed by atoms with Crippen molar-refractivity contribution < 1.29 is 22.7 Å². The molecule has 0 unspecified atom stereocenters. The van der Waals surface area contributed by atoms with Crippen LogP contribution in [0.5, 0.6) is 5.75 Å². The maximum absolute atomic E-state index is 12.4. The van der Waals surface area contributed by atoms with Crippen LogP contribution in [0.1, 0.15) is 31.2 Å². The molecule has 0 spiro atoms. The second-order valence-corrected chi connectivity index (χ2v) is 5.62. The Morgan fingerprint density at radius 2 is 2.00 bits per heavy atom. The van der Waals surface area contributed by atoms with Crippen LogP contribution in [-0.4, -0.2) is 25.7 Å². The number of halogens is 3. The molecule has 0 saturated heterocycles. The summed E-state index contributed by atoms with van der Waals surface area (Å²) in [4.78, 5) is 11.1. The van der Waals surface area contributed by atoms with Crippen LogP contribution in [0.15, 0.2) is 18.2 Å². The fourth-order valence-electron chi connectivity index (χ4n) is 3.03. The molecule has 0 radical (unpaired) electrons. The number of nitrogens with one attached hydrogen (secondary N) is 1. The first-order valence-corrected chi connectivity index (χ1v) is 7.07. The highest BCUT2D eigenvalue weighted by Gasteiger charge is 2.42. The van der Waals surface area contributed by atoms with Crippen LogP contribution in [0.4, 0.5) is 18.9 Å². The number of anilines is 1. The second kappa shape index (κ2) is 6.06. The van der Waals surface area contributed by atoms with Crippen molar-refractivity contribution >= 4 is 11.6 Å². The van der Waals surface area contributed by atoms with E-state index in [1.54, 1.807) is 18.2 Å². The number of ether oxygens (including phenoxy) is 1. The summed E-state index contributed by atoms with van der Waals surface area (Å²) in [6.45, 7) is -0.0445. The van der Waals surface area contributed by atoms with E-state index in [4.69, 9.17) is 10.5 Å². The summed E-state index contributed by atoms with van der Waals surface area (Å²) < 4.78 is 42.2. The average molecular weight is 316 g/mol. The third kappa shape index (κ3) is 3.28. The van der Waals surface area contributed by atoms with Gasteiger partial charge in [-0.05, 0) is 30.5 Å². The van der Waals surface area contributed by atoms with Crippen LogP contribution in [-0.2, 0) is 10.2 Å². The van der Waals surface area contributed by atoms with Crippen LogP contribution in [0.2, 0.25) is 0 Å². The van der Waals surface area contributed by atoms with Gasteiger partial charge < -0.3 is 15.8 Å². The summed E-state index contributed by atoms with van der Waals surface area (Å²) in [6.07, 6.45) is -1.60. The van der Waals surface area contributed by atoms with Gasteiger partial charge in [0, 0.05) is 12.0 Å². The molecule has 3 N–H and O–H groups in total. The van der Waals surface area contributed by atoms with Gasteiger partial charge in [-0.1, -0.05) is 18.9 Å². The number of hydrogen-bond donors (Lipinski definition) is 2. The van der Waals surface area contributed by atoms with Crippen molar-refractivity contribution in [2.45, 2.75) is 37.3 Å². The standard InChI is InChI=1S/C15H19F3N2O2/c1-22-12-5-4-10(8-11(12)19)14(6-2-3-7-14)9-20-13(21)15(16,17)18/h4-5,8H,2-3,6-7,9,19H2,1H3,(H,20,21). The predicted molar refractivity (Wildman–Crippen MR) is 76.6 cm³/mol. The summed E-state index contributed by atoms with van der Waals surface area (Å²) in [5.41, 5.74) is 6.67. The Hall–Kier alpha value is -1.92. The van der Waals surface area contributed by atoms with Gasteiger partial charge in [-0.2, -0.15) is 13.2 Å². The summed E-state index contributed by atoms with van der Waals surface area (Å²) in [5.74, 6) is -1.38. The number of methoxy groups -OCH3 is 1. The van der Waals surface area contributed by atoms with Crippen molar-refractivity contribution in [1.82, 2.24) is 5.32 Å². The van der Waals surface area contributed by atoms with Crippen molar-refractivity contribution in [2.24, 2.45) is 0 Å². The first-order valence-electron chi connectivity index (χ1n) is 7.07. The molecule has 7 heteroatoms. The van der Waals surface area contributed by atoms with Crippen molar-refractivity contribution in [1.29, 1.82) is 0 Å². The van der Waals surface area contributed by atoms with E-state index < -0.39 is 17.5 Å². The lowest BCUT2D eigenvalue weighted by Gasteiger charge is -2.30. The Bertz CT molecular complexity index is 552. The summed E-state index contributed by atoms with van der Waals surface area (Å²) in [7, 11) is 1.50. The van der Waals surface area contributed by atoms with Crippen LogP contribution < -0.4 is 15.8 Å². The average Bonchev–Trinajstić information content (AvgIpc) is 2.93. The molecule has 0 aliphatic heterocycles. The van der Waals surface area contributed by atoms with Gasteiger partial charge in [0.15, 0.2) is 0 Å². The fraction of sp³-hybridized carbons (Fsp3) is 0.533. The largest absolute Gasteiger partial charge is 0.495 e. The van der Waals surface area contributed by atoms with Crippen LogP contribution in [0.3, 0.4) is 0 Å². The van der Waals surface area contributed by atoms with Crippen molar-refractivity contribution in [3.63, 3.8) is 0 Å². The molecule has 122 valence electrons. The van der Waals surface area contributed by atoms with E-state index in [-0.39, 0.29) is 6.54 Å². The van der Waals surface area contributed by atoms with E-state index in [0.717, 1.165) is 31.2 Å². The maximum Gasteiger partial charge on any atom is 0.471 e. The molecule has 1 aromatic carbocycles. The maximum atomic E-state index is 12.4. The molecule has 0 bridgehead atoms. The molecule has 22 heavy (non-hydrogen) atoms. The molecule has 0 heterocycles. The second-order valence-electron chi connectivity index (χ2n) is 5.62. The number of hydrogen-bond acceptors (Lipinski definition) is 3. The zero-order chi connectivity index (χ0) is 16.4. The smallest absolute Gasteiger partial charge is 0.471 e. The quantitative estimate of drug-likeness (QED) is 0.840. The van der Waals surface area contributed by atoms with Crippen molar-refractivity contribution in [3.05, 3.63) is 23.8 Å². The molecule has 1 saturated carbocycles. The van der Waals surface area contributed by atoms with Gasteiger partial charge in [-0.15, -0.1) is 0 Å². The van der Waals surface area contributed by atoms with E-state index >= 15 is 0 Å². The van der Waals surface area contributed by atoms with E-state index in [1.165, 1.54) is 7.11 Å². The number of alkyl halides is 3. The molecule has 1 aromatic rings. The monoisotopic (exact) mass is 316 g/mol. The molecule has 4 nitrogen and oxygen atoms in total. The Kier molecular flexibility index (Phi) is 4.53. The van der Waals surface area contributed by atoms with Crippen LogP contribution >= 0.6 is 0 Å². The molecule has 0 atom stereocenters. The SMILES string of the molecule is COc1ccc(C2(CNC(=O)C(F)(F)F)CCCC2)cc1N. The summed E-state index contributed by atoms with van der Waals surface area (Å²) in [5, 5.41) is 2.02. The molecule has 1 fully saturated rings. The Morgan fingerprint density at radius 3 is 2.50 bits per heavy atom. The van der Waals surface area contributed by atoms with Gasteiger partial charge in [-0.3, -0.25) is 4.79 Å². The Morgan fingerprint density at radius 1 is 1.36 bits per heavy atom. The zero-order valence-electron chi connectivity index (χ0n) is 12.3. The fourth-order valence-corrected chi connectivity index (χ4v) is 3.03. The van der Waals surface area contributed by atoms with E-state index in [0.29, 0.717) is 11.4 Å². The number of amides is 1. The van der Waals surface area contributed by atoms with E-state index in [2.05, 4.69) is 0 Å². The van der Waals surface area contributed by atoms with Gasteiger partial charge in [0.2, 0.25) is 0 Å². The van der Waals surface area contributed by atoms with Gasteiger partial charge in [0.25, 0.3) is 0 Å². The normalized spacial score (nSPS) is 17.3. The molecule has 1 amide bonds.